The molecule has 0 spiro atoms. The molecular weight excluding hydrogens is 174 g/mol. The molecule has 0 atom stereocenters. The van der Waals surface area contributed by atoms with E-state index in [4.69, 9.17) is 0 Å². The van der Waals surface area contributed by atoms with Crippen LogP contribution >= 0.6 is 0 Å². The number of hydrogen-bond acceptors (Lipinski definition) is 1. The van der Waals surface area contributed by atoms with Gasteiger partial charge in [-0.05, 0) is 32.1 Å². The van der Waals surface area contributed by atoms with Crippen molar-refractivity contribution in [2.75, 3.05) is 6.54 Å². The first-order valence-corrected chi connectivity index (χ1v) is 5.59. The van der Waals surface area contributed by atoms with Crippen molar-refractivity contribution < 1.29 is 4.79 Å². The van der Waals surface area contributed by atoms with Crippen LogP contribution in [0.5, 0.6) is 0 Å². The monoisotopic (exact) mass is 197 g/mol. The third-order valence-corrected chi connectivity index (χ3v) is 3.53. The molecule has 0 radical (unpaired) electrons. The summed E-state index contributed by atoms with van der Waals surface area (Å²) in [6.45, 7) is 11.9. The largest absolute Gasteiger partial charge is 0.337 e. The third kappa shape index (κ3) is 2.28. The average Bonchev–Trinajstić information content (AvgIpc) is 2.32. The lowest BCUT2D eigenvalue weighted by atomic mass is 9.88. The lowest BCUT2D eigenvalue weighted by Gasteiger charge is -2.37. The quantitative estimate of drug-likeness (QED) is 0.681. The highest BCUT2D eigenvalue weighted by Gasteiger charge is 2.39. The Kier molecular flexibility index (Phi) is 2.93. The Morgan fingerprint density at radius 3 is 2.36 bits per heavy atom. The van der Waals surface area contributed by atoms with Gasteiger partial charge in [0.2, 0.25) is 5.91 Å². The summed E-state index contributed by atoms with van der Waals surface area (Å²) in [5, 5.41) is 0. The topological polar surface area (TPSA) is 20.3 Å². The first-order chi connectivity index (χ1) is 6.28. The van der Waals surface area contributed by atoms with Crippen molar-refractivity contribution in [2.45, 2.75) is 59.4 Å². The molecule has 2 heteroatoms. The Labute approximate surface area is 87.7 Å². The van der Waals surface area contributed by atoms with E-state index in [1.54, 1.807) is 0 Å². The Hall–Kier alpha value is -0.530. The highest BCUT2D eigenvalue weighted by atomic mass is 16.2. The fourth-order valence-electron chi connectivity index (χ4n) is 1.86. The fourth-order valence-corrected chi connectivity index (χ4v) is 1.86. The predicted molar refractivity (Wildman–Crippen MR) is 59.1 cm³/mol. The van der Waals surface area contributed by atoms with Crippen LogP contribution in [0.4, 0.5) is 0 Å². The van der Waals surface area contributed by atoms with E-state index in [1.165, 1.54) is 0 Å². The minimum absolute atomic E-state index is 0.0729. The van der Waals surface area contributed by atoms with E-state index in [9.17, 15) is 4.79 Å². The second-order valence-corrected chi connectivity index (χ2v) is 5.81. The molecule has 82 valence electrons. The zero-order valence-corrected chi connectivity index (χ0v) is 10.2. The molecule has 2 nitrogen and oxygen atoms in total. The summed E-state index contributed by atoms with van der Waals surface area (Å²) in [7, 11) is 0. The molecule has 0 aliphatic carbocycles. The number of rotatable bonds is 3. The molecule has 0 aromatic rings. The Morgan fingerprint density at radius 2 is 2.00 bits per heavy atom. The molecule has 0 unspecified atom stereocenters. The van der Waals surface area contributed by atoms with Crippen LogP contribution in [0.3, 0.4) is 0 Å². The minimum atomic E-state index is 0.0729. The molecule has 1 amide bonds. The van der Waals surface area contributed by atoms with Crippen LogP contribution in [0.25, 0.3) is 0 Å². The van der Waals surface area contributed by atoms with Crippen molar-refractivity contribution in [1.82, 2.24) is 4.90 Å². The summed E-state index contributed by atoms with van der Waals surface area (Å²) in [5.74, 6) is 0.330. The summed E-state index contributed by atoms with van der Waals surface area (Å²) in [6, 6.07) is 0. The minimum Gasteiger partial charge on any atom is -0.337 e. The molecule has 1 aliphatic rings. The number of carbonyl (C=O) groups excluding carboxylic acids is 1. The first kappa shape index (κ1) is 11.5. The normalized spacial score (nSPS) is 21.8. The average molecular weight is 197 g/mol. The van der Waals surface area contributed by atoms with E-state index >= 15 is 0 Å². The van der Waals surface area contributed by atoms with Crippen molar-refractivity contribution in [1.29, 1.82) is 0 Å². The molecule has 0 aromatic heterocycles. The standard InChI is InChI=1S/C12H23NO/c1-6-11(2,3)9-13-10(14)7-8-12(13,4)5/h6-9H2,1-5H3. The summed E-state index contributed by atoms with van der Waals surface area (Å²) < 4.78 is 0. The van der Waals surface area contributed by atoms with Gasteiger partial charge in [0.15, 0.2) is 0 Å². The highest BCUT2D eigenvalue weighted by Crippen LogP contribution is 2.33. The summed E-state index contributed by atoms with van der Waals surface area (Å²) >= 11 is 0. The lowest BCUT2D eigenvalue weighted by Crippen LogP contribution is -2.45. The van der Waals surface area contributed by atoms with Crippen molar-refractivity contribution in [2.24, 2.45) is 5.41 Å². The van der Waals surface area contributed by atoms with Crippen LogP contribution in [-0.2, 0) is 4.79 Å². The van der Waals surface area contributed by atoms with Gasteiger partial charge in [-0.25, -0.2) is 0 Å². The zero-order valence-electron chi connectivity index (χ0n) is 10.2. The molecule has 1 aliphatic heterocycles. The van der Waals surface area contributed by atoms with Gasteiger partial charge < -0.3 is 4.90 Å². The summed E-state index contributed by atoms with van der Waals surface area (Å²) in [5.41, 5.74) is 0.320. The summed E-state index contributed by atoms with van der Waals surface area (Å²) in [6.07, 6.45) is 2.85. The number of likely N-dealkylation sites (tertiary alicyclic amines) is 1. The van der Waals surface area contributed by atoms with Gasteiger partial charge >= 0.3 is 0 Å². The van der Waals surface area contributed by atoms with Gasteiger partial charge in [-0.2, -0.15) is 0 Å². The predicted octanol–water partition coefficient (Wildman–Crippen LogP) is 2.82. The van der Waals surface area contributed by atoms with Crippen LogP contribution < -0.4 is 0 Å². The van der Waals surface area contributed by atoms with Crippen LogP contribution in [0.15, 0.2) is 0 Å². The van der Waals surface area contributed by atoms with E-state index in [0.29, 0.717) is 5.91 Å². The molecule has 14 heavy (non-hydrogen) atoms. The zero-order chi connectivity index (χ0) is 11.0. The number of carbonyl (C=O) groups is 1. The van der Waals surface area contributed by atoms with Crippen molar-refractivity contribution in [3.8, 4) is 0 Å². The maximum Gasteiger partial charge on any atom is 0.223 e. The van der Waals surface area contributed by atoms with E-state index in [2.05, 4.69) is 39.5 Å². The second kappa shape index (κ2) is 3.56. The van der Waals surface area contributed by atoms with Crippen LogP contribution in [-0.4, -0.2) is 22.9 Å². The Bertz CT molecular complexity index is 230. The molecule has 0 saturated carbocycles. The van der Waals surface area contributed by atoms with Gasteiger partial charge in [-0.1, -0.05) is 20.8 Å². The van der Waals surface area contributed by atoms with E-state index in [1.807, 2.05) is 0 Å². The maximum atomic E-state index is 11.7. The second-order valence-electron chi connectivity index (χ2n) is 5.81. The SMILES string of the molecule is CCC(C)(C)CN1C(=O)CCC1(C)C. The van der Waals surface area contributed by atoms with Gasteiger partial charge in [0, 0.05) is 18.5 Å². The third-order valence-electron chi connectivity index (χ3n) is 3.53. The van der Waals surface area contributed by atoms with E-state index < -0.39 is 0 Å². The maximum absolute atomic E-state index is 11.7. The molecular formula is C12H23NO. The Balaban J connectivity index is 2.72. The number of hydrogen-bond donors (Lipinski definition) is 0. The van der Waals surface area contributed by atoms with Crippen LogP contribution in [0.1, 0.15) is 53.9 Å². The first-order valence-electron chi connectivity index (χ1n) is 5.59. The molecule has 1 heterocycles. The highest BCUT2D eigenvalue weighted by molar-refractivity contribution is 5.79. The fraction of sp³-hybridized carbons (Fsp3) is 0.917. The molecule has 1 saturated heterocycles. The number of amides is 1. The van der Waals surface area contributed by atoms with Gasteiger partial charge in [-0.15, -0.1) is 0 Å². The van der Waals surface area contributed by atoms with E-state index in [-0.39, 0.29) is 11.0 Å². The van der Waals surface area contributed by atoms with Gasteiger partial charge in [0.25, 0.3) is 0 Å². The van der Waals surface area contributed by atoms with E-state index in [0.717, 1.165) is 25.8 Å². The van der Waals surface area contributed by atoms with Crippen molar-refractivity contribution in [3.05, 3.63) is 0 Å². The molecule has 1 rings (SSSR count). The molecule has 0 aromatic carbocycles. The van der Waals surface area contributed by atoms with Crippen LogP contribution in [0.2, 0.25) is 0 Å². The van der Waals surface area contributed by atoms with Gasteiger partial charge in [-0.3, -0.25) is 4.79 Å². The summed E-state index contributed by atoms with van der Waals surface area (Å²) in [4.78, 5) is 13.8. The van der Waals surface area contributed by atoms with Crippen molar-refractivity contribution >= 4 is 5.91 Å². The molecule has 1 fully saturated rings. The lowest BCUT2D eigenvalue weighted by molar-refractivity contribution is -0.132. The van der Waals surface area contributed by atoms with Crippen LogP contribution in [0, 0.1) is 5.41 Å². The smallest absolute Gasteiger partial charge is 0.223 e. The number of nitrogens with zero attached hydrogens (tertiary/aromatic N) is 1. The Morgan fingerprint density at radius 1 is 1.43 bits per heavy atom. The molecule has 0 bridgehead atoms. The van der Waals surface area contributed by atoms with Crippen molar-refractivity contribution in [3.63, 3.8) is 0 Å². The molecule has 0 N–H and O–H groups in total. The van der Waals surface area contributed by atoms with Gasteiger partial charge in [0.1, 0.15) is 0 Å². The van der Waals surface area contributed by atoms with Gasteiger partial charge in [0.05, 0.1) is 0 Å².